The first-order valence-corrected chi connectivity index (χ1v) is 11.2. The van der Waals surface area contributed by atoms with Gasteiger partial charge in [-0.05, 0) is 36.4 Å². The average Bonchev–Trinajstić information content (AvgIpc) is 2.60. The molecule has 0 unspecified atom stereocenters. The average molecular weight is 433 g/mol. The maximum atomic E-state index is 12.7. The number of methoxy groups -OCH3 is 1. The molecule has 2 rings (SSSR count). The Labute approximate surface area is 162 Å². The highest BCUT2D eigenvalue weighted by molar-refractivity contribution is 7.93. The van der Waals surface area contributed by atoms with E-state index in [1.807, 2.05) is 0 Å². The minimum absolute atomic E-state index is 0.00556. The summed E-state index contributed by atoms with van der Waals surface area (Å²) in [4.78, 5) is 11.4. The Kier molecular flexibility index (Phi) is 6.03. The molecule has 2 N–H and O–H groups in total. The third kappa shape index (κ3) is 4.71. The van der Waals surface area contributed by atoms with Gasteiger partial charge in [0.05, 0.1) is 33.2 Å². The maximum Gasteiger partial charge on any atom is 0.261 e. The van der Waals surface area contributed by atoms with Crippen molar-refractivity contribution in [3.8, 4) is 5.75 Å². The molecule has 0 aliphatic carbocycles. The Morgan fingerprint density at radius 1 is 1.07 bits per heavy atom. The molecule has 0 bridgehead atoms. The van der Waals surface area contributed by atoms with Gasteiger partial charge in [-0.25, -0.2) is 16.8 Å². The van der Waals surface area contributed by atoms with E-state index in [1.165, 1.54) is 44.5 Å². The quantitative estimate of drug-likeness (QED) is 0.719. The Hall–Kier alpha value is -2.30. The van der Waals surface area contributed by atoms with E-state index in [0.29, 0.717) is 5.75 Å². The SMILES string of the molecule is CNC(=O)c1cc(OC)ccc1NS(=O)(=O)c1ccc(Cl)c(S(C)(=O)=O)c1. The van der Waals surface area contributed by atoms with Gasteiger partial charge in [0.2, 0.25) is 0 Å². The summed E-state index contributed by atoms with van der Waals surface area (Å²) in [6.45, 7) is 0. The fourth-order valence-electron chi connectivity index (χ4n) is 2.20. The Bertz CT molecular complexity index is 1100. The van der Waals surface area contributed by atoms with Crippen LogP contribution >= 0.6 is 11.6 Å². The van der Waals surface area contributed by atoms with Crippen LogP contribution in [0.25, 0.3) is 0 Å². The monoisotopic (exact) mass is 432 g/mol. The predicted molar refractivity (Wildman–Crippen MR) is 102 cm³/mol. The summed E-state index contributed by atoms with van der Waals surface area (Å²) in [5, 5.41) is 2.32. The molecule has 0 aliphatic rings. The highest BCUT2D eigenvalue weighted by atomic mass is 35.5. The normalized spacial score (nSPS) is 11.7. The van der Waals surface area contributed by atoms with E-state index in [2.05, 4.69) is 10.0 Å². The topological polar surface area (TPSA) is 119 Å². The van der Waals surface area contributed by atoms with E-state index in [1.54, 1.807) is 0 Å². The second-order valence-corrected chi connectivity index (χ2v) is 9.53. The second-order valence-electron chi connectivity index (χ2n) is 5.46. The van der Waals surface area contributed by atoms with E-state index >= 15 is 0 Å². The predicted octanol–water partition coefficient (Wildman–Crippen LogP) is 1.91. The van der Waals surface area contributed by atoms with Gasteiger partial charge in [-0.1, -0.05) is 11.6 Å². The molecule has 0 spiro atoms. The smallest absolute Gasteiger partial charge is 0.261 e. The molecule has 2 aromatic rings. The van der Waals surface area contributed by atoms with E-state index < -0.39 is 25.8 Å². The molecule has 0 saturated carbocycles. The number of carbonyl (C=O) groups excluding carboxylic acids is 1. The van der Waals surface area contributed by atoms with Crippen molar-refractivity contribution in [2.75, 3.05) is 25.1 Å². The molecule has 11 heteroatoms. The van der Waals surface area contributed by atoms with E-state index in [4.69, 9.17) is 16.3 Å². The zero-order valence-corrected chi connectivity index (χ0v) is 17.0. The molecule has 0 aromatic heterocycles. The molecule has 0 atom stereocenters. The number of carbonyl (C=O) groups is 1. The number of anilines is 1. The first-order valence-electron chi connectivity index (χ1n) is 7.42. The first kappa shape index (κ1) is 21.0. The summed E-state index contributed by atoms with van der Waals surface area (Å²) in [6, 6.07) is 7.54. The number of ether oxygens (including phenoxy) is 1. The minimum atomic E-state index is -4.19. The van der Waals surface area contributed by atoms with Crippen molar-refractivity contribution in [1.29, 1.82) is 0 Å². The standard InChI is InChI=1S/C16H17ClN2O6S2/c1-18-16(20)12-8-10(25-2)4-7-14(12)19-27(23,24)11-5-6-13(17)15(9-11)26(3,21)22/h4-9,19H,1-3H3,(H,18,20). The fourth-order valence-corrected chi connectivity index (χ4v) is 4.68. The van der Waals surface area contributed by atoms with Crippen molar-refractivity contribution >= 4 is 43.1 Å². The summed E-state index contributed by atoms with van der Waals surface area (Å²) in [5.41, 5.74) is 0.0451. The maximum absolute atomic E-state index is 12.7. The Morgan fingerprint density at radius 3 is 2.30 bits per heavy atom. The number of sulfone groups is 1. The molecular weight excluding hydrogens is 416 g/mol. The molecule has 2 aromatic carbocycles. The van der Waals surface area contributed by atoms with Crippen molar-refractivity contribution < 1.29 is 26.4 Å². The van der Waals surface area contributed by atoms with E-state index in [9.17, 15) is 21.6 Å². The third-order valence-electron chi connectivity index (χ3n) is 3.56. The van der Waals surface area contributed by atoms with Crippen molar-refractivity contribution in [2.24, 2.45) is 0 Å². The molecule has 0 saturated heterocycles. The van der Waals surface area contributed by atoms with Crippen molar-refractivity contribution in [2.45, 2.75) is 9.79 Å². The van der Waals surface area contributed by atoms with Crippen LogP contribution in [0.3, 0.4) is 0 Å². The minimum Gasteiger partial charge on any atom is -0.497 e. The molecule has 0 heterocycles. The Morgan fingerprint density at radius 2 is 1.74 bits per heavy atom. The molecule has 0 radical (unpaired) electrons. The summed E-state index contributed by atoms with van der Waals surface area (Å²) in [5.74, 6) is -0.165. The van der Waals surface area contributed by atoms with Crippen LogP contribution in [-0.2, 0) is 19.9 Å². The van der Waals surface area contributed by atoms with E-state index in [-0.39, 0.29) is 26.1 Å². The number of benzene rings is 2. The first-order chi connectivity index (χ1) is 12.5. The van der Waals surface area contributed by atoms with Crippen LogP contribution in [0.15, 0.2) is 46.2 Å². The van der Waals surface area contributed by atoms with Crippen LogP contribution in [0, 0.1) is 0 Å². The molecular formula is C16H17ClN2O6S2. The number of nitrogens with one attached hydrogen (secondary N) is 2. The summed E-state index contributed by atoms with van der Waals surface area (Å²) in [6.07, 6.45) is 0.922. The van der Waals surface area contributed by atoms with Crippen LogP contribution in [-0.4, -0.2) is 43.2 Å². The number of halogens is 1. The number of amides is 1. The third-order valence-corrected chi connectivity index (χ3v) is 6.50. The van der Waals surface area contributed by atoms with E-state index in [0.717, 1.165) is 12.3 Å². The highest BCUT2D eigenvalue weighted by Crippen LogP contribution is 2.28. The van der Waals surface area contributed by atoms with Crippen molar-refractivity contribution in [3.05, 3.63) is 47.0 Å². The molecule has 1 amide bonds. The van der Waals surface area contributed by atoms with Gasteiger partial charge in [0, 0.05) is 13.3 Å². The summed E-state index contributed by atoms with van der Waals surface area (Å²) < 4.78 is 56.3. The van der Waals surface area contributed by atoms with Gasteiger partial charge in [-0.3, -0.25) is 9.52 Å². The largest absolute Gasteiger partial charge is 0.497 e. The lowest BCUT2D eigenvalue weighted by Gasteiger charge is -2.14. The lowest BCUT2D eigenvalue weighted by molar-refractivity contribution is 0.0963. The molecule has 8 nitrogen and oxygen atoms in total. The number of hydrogen-bond donors (Lipinski definition) is 2. The van der Waals surface area contributed by atoms with Crippen LogP contribution < -0.4 is 14.8 Å². The van der Waals surface area contributed by atoms with Gasteiger partial charge in [-0.15, -0.1) is 0 Å². The molecule has 0 fully saturated rings. The molecule has 0 aliphatic heterocycles. The van der Waals surface area contributed by atoms with Crippen LogP contribution in [0.2, 0.25) is 5.02 Å². The van der Waals surface area contributed by atoms with Gasteiger partial charge in [-0.2, -0.15) is 0 Å². The van der Waals surface area contributed by atoms with Crippen LogP contribution in [0.1, 0.15) is 10.4 Å². The van der Waals surface area contributed by atoms with Crippen molar-refractivity contribution in [3.63, 3.8) is 0 Å². The van der Waals surface area contributed by atoms with Gasteiger partial charge in [0.1, 0.15) is 5.75 Å². The van der Waals surface area contributed by atoms with Gasteiger partial charge in [0.25, 0.3) is 15.9 Å². The molecule has 27 heavy (non-hydrogen) atoms. The van der Waals surface area contributed by atoms with Gasteiger partial charge in [0.15, 0.2) is 9.84 Å². The summed E-state index contributed by atoms with van der Waals surface area (Å²) >= 11 is 5.85. The number of hydrogen-bond acceptors (Lipinski definition) is 6. The number of sulfonamides is 1. The van der Waals surface area contributed by atoms with Crippen LogP contribution in [0.5, 0.6) is 5.75 Å². The molecule has 146 valence electrons. The zero-order valence-electron chi connectivity index (χ0n) is 14.6. The van der Waals surface area contributed by atoms with Gasteiger partial charge < -0.3 is 10.1 Å². The van der Waals surface area contributed by atoms with Crippen molar-refractivity contribution in [1.82, 2.24) is 5.32 Å². The second kappa shape index (κ2) is 7.75. The van der Waals surface area contributed by atoms with Crippen LogP contribution in [0.4, 0.5) is 5.69 Å². The highest BCUT2D eigenvalue weighted by Gasteiger charge is 2.22. The number of rotatable bonds is 6. The fraction of sp³-hybridized carbons (Fsp3) is 0.188. The lowest BCUT2D eigenvalue weighted by Crippen LogP contribution is -2.22. The summed E-state index contributed by atoms with van der Waals surface area (Å²) in [7, 11) is -5.11. The lowest BCUT2D eigenvalue weighted by atomic mass is 10.1. The van der Waals surface area contributed by atoms with Gasteiger partial charge >= 0.3 is 0 Å². The Balaban J connectivity index is 2.53. The zero-order chi connectivity index (χ0) is 20.4.